The first-order valence-corrected chi connectivity index (χ1v) is 6.41. The molecule has 16 heavy (non-hydrogen) atoms. The van der Waals surface area contributed by atoms with E-state index in [2.05, 4.69) is 36.3 Å². The number of pyridine rings is 1. The molecule has 2 heterocycles. The fourth-order valence-electron chi connectivity index (χ4n) is 2.60. The minimum Gasteiger partial charge on any atom is -0.314 e. The van der Waals surface area contributed by atoms with Crippen LogP contribution in [0.4, 0.5) is 0 Å². The van der Waals surface area contributed by atoms with E-state index in [1.54, 1.807) is 0 Å². The van der Waals surface area contributed by atoms with Gasteiger partial charge in [0, 0.05) is 17.4 Å². The number of hydrogen-bond acceptors (Lipinski definition) is 2. The van der Waals surface area contributed by atoms with Gasteiger partial charge in [-0.1, -0.05) is 12.8 Å². The Kier molecular flexibility index (Phi) is 3.94. The van der Waals surface area contributed by atoms with Crippen molar-refractivity contribution < 1.29 is 0 Å². The molecule has 0 aliphatic carbocycles. The van der Waals surface area contributed by atoms with Crippen LogP contribution in [0, 0.1) is 13.8 Å². The lowest BCUT2D eigenvalue weighted by molar-refractivity contribution is 0.507. The molecule has 1 N–H and O–H groups in total. The van der Waals surface area contributed by atoms with Crippen molar-refractivity contribution >= 4 is 0 Å². The Morgan fingerprint density at radius 3 is 2.69 bits per heavy atom. The molecule has 0 aromatic carbocycles. The highest BCUT2D eigenvalue weighted by Gasteiger charge is 2.12. The van der Waals surface area contributed by atoms with Gasteiger partial charge >= 0.3 is 0 Å². The molecule has 1 aliphatic rings. The van der Waals surface area contributed by atoms with Crippen molar-refractivity contribution in [2.45, 2.75) is 52.0 Å². The van der Waals surface area contributed by atoms with Crippen LogP contribution in [0.1, 0.15) is 42.6 Å². The number of nitrogens with zero attached hydrogens (tertiary/aromatic N) is 1. The smallest absolute Gasteiger partial charge is 0.0378 e. The molecule has 2 nitrogen and oxygen atoms in total. The topological polar surface area (TPSA) is 24.9 Å². The third kappa shape index (κ3) is 3.31. The lowest BCUT2D eigenvalue weighted by Crippen LogP contribution is -2.30. The molecule has 0 radical (unpaired) electrons. The van der Waals surface area contributed by atoms with E-state index in [1.165, 1.54) is 37.8 Å². The van der Waals surface area contributed by atoms with Crippen LogP contribution in [0.15, 0.2) is 12.1 Å². The predicted molar refractivity (Wildman–Crippen MR) is 67.7 cm³/mol. The molecule has 88 valence electrons. The highest BCUT2D eigenvalue weighted by atomic mass is 14.9. The molecule has 0 spiro atoms. The zero-order valence-corrected chi connectivity index (χ0v) is 10.4. The van der Waals surface area contributed by atoms with Crippen LogP contribution in [0.5, 0.6) is 0 Å². The van der Waals surface area contributed by atoms with Gasteiger partial charge in [0.1, 0.15) is 0 Å². The molecule has 1 unspecified atom stereocenters. The molecular weight excluding hydrogens is 196 g/mol. The normalized spacial score (nSPS) is 21.8. The van der Waals surface area contributed by atoms with Crippen LogP contribution >= 0.6 is 0 Å². The first kappa shape index (κ1) is 11.6. The van der Waals surface area contributed by atoms with E-state index in [1.807, 2.05) is 0 Å². The van der Waals surface area contributed by atoms with Crippen LogP contribution in [0.3, 0.4) is 0 Å². The second kappa shape index (κ2) is 5.44. The molecule has 1 aromatic heterocycles. The SMILES string of the molecule is Cc1cc(CC2CCCCCN2)cc(C)n1. The van der Waals surface area contributed by atoms with E-state index in [-0.39, 0.29) is 0 Å². The summed E-state index contributed by atoms with van der Waals surface area (Å²) in [6.45, 7) is 5.35. The molecule has 1 fully saturated rings. The molecule has 1 aliphatic heterocycles. The Morgan fingerprint density at radius 2 is 1.94 bits per heavy atom. The van der Waals surface area contributed by atoms with E-state index < -0.39 is 0 Å². The van der Waals surface area contributed by atoms with Crippen LogP contribution in [0.2, 0.25) is 0 Å². The van der Waals surface area contributed by atoms with Gasteiger partial charge < -0.3 is 5.32 Å². The van der Waals surface area contributed by atoms with Crippen LogP contribution in [-0.2, 0) is 6.42 Å². The van der Waals surface area contributed by atoms with Gasteiger partial charge in [-0.15, -0.1) is 0 Å². The standard InChI is InChI=1S/C14H22N2/c1-11-8-13(9-12(2)16-11)10-14-6-4-3-5-7-15-14/h8-9,14-15H,3-7,10H2,1-2H3. The van der Waals surface area contributed by atoms with Crippen molar-refractivity contribution in [3.63, 3.8) is 0 Å². The van der Waals surface area contributed by atoms with Gasteiger partial charge in [-0.3, -0.25) is 4.98 Å². The second-order valence-electron chi connectivity index (χ2n) is 4.96. The monoisotopic (exact) mass is 218 g/mol. The number of aryl methyl sites for hydroxylation is 2. The van der Waals surface area contributed by atoms with Crippen molar-refractivity contribution in [3.05, 3.63) is 29.1 Å². The molecule has 2 heteroatoms. The zero-order valence-electron chi connectivity index (χ0n) is 10.4. The second-order valence-corrected chi connectivity index (χ2v) is 4.96. The molecule has 1 atom stereocenters. The largest absolute Gasteiger partial charge is 0.314 e. The lowest BCUT2D eigenvalue weighted by atomic mass is 10.0. The average Bonchev–Trinajstić information content (AvgIpc) is 2.44. The zero-order chi connectivity index (χ0) is 11.4. The number of hydrogen-bond donors (Lipinski definition) is 1. The quantitative estimate of drug-likeness (QED) is 0.825. The van der Waals surface area contributed by atoms with E-state index >= 15 is 0 Å². The van der Waals surface area contributed by atoms with Crippen molar-refractivity contribution in [1.29, 1.82) is 0 Å². The van der Waals surface area contributed by atoms with Gasteiger partial charge in [0.05, 0.1) is 0 Å². The van der Waals surface area contributed by atoms with Gasteiger partial charge in [0.2, 0.25) is 0 Å². The first-order valence-electron chi connectivity index (χ1n) is 6.41. The fourth-order valence-corrected chi connectivity index (χ4v) is 2.60. The molecule has 0 saturated carbocycles. The summed E-state index contributed by atoms with van der Waals surface area (Å²) in [5.41, 5.74) is 3.72. The lowest BCUT2D eigenvalue weighted by Gasteiger charge is -2.16. The van der Waals surface area contributed by atoms with Crippen molar-refractivity contribution in [2.24, 2.45) is 0 Å². The highest BCUT2D eigenvalue weighted by Crippen LogP contribution is 2.14. The van der Waals surface area contributed by atoms with Gasteiger partial charge in [-0.2, -0.15) is 0 Å². The average molecular weight is 218 g/mol. The van der Waals surface area contributed by atoms with Gasteiger partial charge in [0.15, 0.2) is 0 Å². The summed E-state index contributed by atoms with van der Waals surface area (Å²) in [7, 11) is 0. The number of rotatable bonds is 2. The molecule has 1 aromatic rings. The number of nitrogens with one attached hydrogen (secondary N) is 1. The molecule has 2 rings (SSSR count). The predicted octanol–water partition coefficient (Wildman–Crippen LogP) is 2.77. The van der Waals surface area contributed by atoms with Crippen molar-refractivity contribution in [2.75, 3.05) is 6.54 Å². The Labute approximate surface area is 98.5 Å². The summed E-state index contributed by atoms with van der Waals surface area (Å²) in [5.74, 6) is 0. The highest BCUT2D eigenvalue weighted by molar-refractivity contribution is 5.21. The van der Waals surface area contributed by atoms with Crippen LogP contribution in [0.25, 0.3) is 0 Å². The maximum absolute atomic E-state index is 4.43. The van der Waals surface area contributed by atoms with Gasteiger partial charge in [-0.05, 0) is 57.4 Å². The summed E-state index contributed by atoms with van der Waals surface area (Å²) < 4.78 is 0. The summed E-state index contributed by atoms with van der Waals surface area (Å²) in [5, 5.41) is 3.65. The van der Waals surface area contributed by atoms with E-state index in [0.29, 0.717) is 6.04 Å². The van der Waals surface area contributed by atoms with Gasteiger partial charge in [-0.25, -0.2) is 0 Å². The van der Waals surface area contributed by atoms with E-state index in [9.17, 15) is 0 Å². The van der Waals surface area contributed by atoms with E-state index in [0.717, 1.165) is 17.8 Å². The molecule has 0 amide bonds. The molecular formula is C14H22N2. The maximum Gasteiger partial charge on any atom is 0.0378 e. The minimum absolute atomic E-state index is 0.670. The summed E-state index contributed by atoms with van der Waals surface area (Å²) in [6.07, 6.45) is 6.58. The third-order valence-corrected chi connectivity index (χ3v) is 3.29. The third-order valence-electron chi connectivity index (χ3n) is 3.29. The molecule has 1 saturated heterocycles. The van der Waals surface area contributed by atoms with Gasteiger partial charge in [0.25, 0.3) is 0 Å². The molecule has 0 bridgehead atoms. The first-order chi connectivity index (χ1) is 7.74. The number of aromatic nitrogens is 1. The van der Waals surface area contributed by atoms with Crippen molar-refractivity contribution in [1.82, 2.24) is 10.3 Å². The Bertz CT molecular complexity index is 318. The fraction of sp³-hybridized carbons (Fsp3) is 0.643. The minimum atomic E-state index is 0.670. The van der Waals surface area contributed by atoms with E-state index in [4.69, 9.17) is 0 Å². The Hall–Kier alpha value is -0.890. The Morgan fingerprint density at radius 1 is 1.19 bits per heavy atom. The Balaban J connectivity index is 2.01. The summed E-state index contributed by atoms with van der Waals surface area (Å²) in [4.78, 5) is 4.43. The summed E-state index contributed by atoms with van der Waals surface area (Å²) in [6, 6.07) is 5.11. The van der Waals surface area contributed by atoms with Crippen LogP contribution in [-0.4, -0.2) is 17.6 Å². The van der Waals surface area contributed by atoms with Crippen molar-refractivity contribution in [3.8, 4) is 0 Å². The summed E-state index contributed by atoms with van der Waals surface area (Å²) >= 11 is 0. The maximum atomic E-state index is 4.43. The van der Waals surface area contributed by atoms with Crippen LogP contribution < -0.4 is 5.32 Å².